The van der Waals surface area contributed by atoms with E-state index < -0.39 is 0 Å². The number of likely N-dealkylation sites (N-methyl/N-ethyl adjacent to an activating group) is 1. The summed E-state index contributed by atoms with van der Waals surface area (Å²) >= 11 is 0. The summed E-state index contributed by atoms with van der Waals surface area (Å²) in [7, 11) is 2.08. The van der Waals surface area contributed by atoms with E-state index >= 15 is 0 Å². The van der Waals surface area contributed by atoms with Crippen LogP contribution in [0.2, 0.25) is 0 Å². The molecule has 1 atom stereocenters. The van der Waals surface area contributed by atoms with Gasteiger partial charge in [-0.3, -0.25) is 4.90 Å². The smallest absolute Gasteiger partial charge is 0.104 e. The molecule has 1 fully saturated rings. The van der Waals surface area contributed by atoms with E-state index in [0.717, 1.165) is 24.2 Å². The highest BCUT2D eigenvalue weighted by Crippen LogP contribution is 2.19. The number of likely N-dealkylation sites (tertiary alicyclic amines) is 1. The molecule has 0 radical (unpaired) electrons. The predicted molar refractivity (Wildman–Crippen MR) is 60.4 cm³/mol. The molecule has 1 aliphatic heterocycles. The molecule has 0 aromatic heterocycles. The van der Waals surface area contributed by atoms with Crippen LogP contribution in [0.15, 0.2) is 35.5 Å². The lowest BCUT2D eigenvalue weighted by atomic mass is 10.0. The molecule has 3 heteroatoms. The van der Waals surface area contributed by atoms with Crippen LogP contribution in [0.3, 0.4) is 0 Å². The number of hydrogen-bond donors (Lipinski definition) is 1. The molecule has 2 rings (SSSR count). The molecule has 1 heterocycles. The van der Waals surface area contributed by atoms with Gasteiger partial charge in [-0.25, -0.2) is 0 Å². The van der Waals surface area contributed by atoms with E-state index in [-0.39, 0.29) is 6.04 Å². The van der Waals surface area contributed by atoms with Gasteiger partial charge in [-0.05, 0) is 26.4 Å². The van der Waals surface area contributed by atoms with Crippen molar-refractivity contribution in [3.8, 4) is 0 Å². The Morgan fingerprint density at radius 2 is 2.13 bits per heavy atom. The van der Waals surface area contributed by atoms with Crippen molar-refractivity contribution in [3.63, 3.8) is 0 Å². The highest BCUT2D eigenvalue weighted by Gasteiger charge is 2.27. The summed E-state index contributed by atoms with van der Waals surface area (Å²) in [5, 5.41) is 12.6. The second-order valence-electron chi connectivity index (χ2n) is 3.99. The first-order chi connectivity index (χ1) is 7.33. The van der Waals surface area contributed by atoms with Crippen molar-refractivity contribution in [1.82, 2.24) is 4.90 Å². The SMILES string of the molecule is CN1CCCC1/C(=N/O)c1ccccc1. The highest BCUT2D eigenvalue weighted by atomic mass is 16.4. The molecule has 15 heavy (non-hydrogen) atoms. The molecular formula is C12H16N2O. The minimum Gasteiger partial charge on any atom is -0.411 e. The summed E-state index contributed by atoms with van der Waals surface area (Å²) in [6.07, 6.45) is 2.25. The lowest BCUT2D eigenvalue weighted by Crippen LogP contribution is -2.33. The van der Waals surface area contributed by atoms with E-state index in [2.05, 4.69) is 17.1 Å². The Kier molecular flexibility index (Phi) is 3.02. The quantitative estimate of drug-likeness (QED) is 0.454. The molecule has 1 N–H and O–H groups in total. The minimum absolute atomic E-state index is 0.261. The predicted octanol–water partition coefficient (Wildman–Crippen LogP) is 1.96. The Morgan fingerprint density at radius 1 is 1.40 bits per heavy atom. The molecule has 1 unspecified atom stereocenters. The second kappa shape index (κ2) is 4.45. The van der Waals surface area contributed by atoms with Gasteiger partial charge in [0.25, 0.3) is 0 Å². The number of oxime groups is 1. The Balaban J connectivity index is 2.26. The molecule has 1 aromatic rings. The zero-order valence-electron chi connectivity index (χ0n) is 8.93. The molecule has 1 aliphatic rings. The van der Waals surface area contributed by atoms with E-state index in [4.69, 9.17) is 5.21 Å². The summed E-state index contributed by atoms with van der Waals surface area (Å²) in [5.74, 6) is 0. The summed E-state index contributed by atoms with van der Waals surface area (Å²) in [4.78, 5) is 2.24. The largest absolute Gasteiger partial charge is 0.411 e. The molecule has 0 aliphatic carbocycles. The van der Waals surface area contributed by atoms with Gasteiger partial charge in [0.15, 0.2) is 0 Å². The van der Waals surface area contributed by atoms with Crippen LogP contribution in [0.1, 0.15) is 18.4 Å². The van der Waals surface area contributed by atoms with Gasteiger partial charge in [-0.15, -0.1) is 0 Å². The van der Waals surface area contributed by atoms with Crippen LogP contribution in [-0.4, -0.2) is 35.5 Å². The van der Waals surface area contributed by atoms with Crippen molar-refractivity contribution in [2.75, 3.05) is 13.6 Å². The van der Waals surface area contributed by atoms with Crippen LogP contribution in [0.4, 0.5) is 0 Å². The average Bonchev–Trinajstić information content (AvgIpc) is 2.68. The molecule has 80 valence electrons. The van der Waals surface area contributed by atoms with Gasteiger partial charge in [0.05, 0.1) is 6.04 Å². The third kappa shape index (κ3) is 2.02. The Hall–Kier alpha value is -1.35. The van der Waals surface area contributed by atoms with E-state index in [1.54, 1.807) is 0 Å². The van der Waals surface area contributed by atoms with Crippen LogP contribution in [0.5, 0.6) is 0 Å². The second-order valence-corrected chi connectivity index (χ2v) is 3.99. The van der Waals surface area contributed by atoms with E-state index in [1.807, 2.05) is 30.3 Å². The molecular weight excluding hydrogens is 188 g/mol. The fraction of sp³-hybridized carbons (Fsp3) is 0.417. The summed E-state index contributed by atoms with van der Waals surface area (Å²) in [6.45, 7) is 1.08. The van der Waals surface area contributed by atoms with Crippen molar-refractivity contribution in [1.29, 1.82) is 0 Å². The molecule has 1 aromatic carbocycles. The zero-order chi connectivity index (χ0) is 10.7. The summed E-state index contributed by atoms with van der Waals surface area (Å²) in [5.41, 5.74) is 1.80. The summed E-state index contributed by atoms with van der Waals surface area (Å²) in [6, 6.07) is 10.1. The van der Waals surface area contributed by atoms with Crippen LogP contribution < -0.4 is 0 Å². The monoisotopic (exact) mass is 204 g/mol. The first-order valence-corrected chi connectivity index (χ1v) is 5.30. The van der Waals surface area contributed by atoms with Crippen molar-refractivity contribution < 1.29 is 5.21 Å². The standard InChI is InChI=1S/C12H16N2O/c1-14-9-5-8-11(14)12(13-15)10-6-3-2-4-7-10/h2-4,6-7,11,15H,5,8-9H2,1H3/b13-12+. The Labute approximate surface area is 90.0 Å². The number of hydrogen-bond acceptors (Lipinski definition) is 3. The topological polar surface area (TPSA) is 35.8 Å². The van der Waals surface area contributed by atoms with E-state index in [0.29, 0.717) is 0 Å². The first-order valence-electron chi connectivity index (χ1n) is 5.30. The van der Waals surface area contributed by atoms with E-state index in [9.17, 15) is 0 Å². The van der Waals surface area contributed by atoms with Gasteiger partial charge in [0.2, 0.25) is 0 Å². The number of nitrogens with zero attached hydrogens (tertiary/aromatic N) is 2. The van der Waals surface area contributed by atoms with Crippen molar-refractivity contribution in [2.45, 2.75) is 18.9 Å². The maximum Gasteiger partial charge on any atom is 0.104 e. The lowest BCUT2D eigenvalue weighted by Gasteiger charge is -2.20. The molecule has 0 spiro atoms. The maximum atomic E-state index is 9.12. The molecule has 0 saturated carbocycles. The van der Waals surface area contributed by atoms with Crippen LogP contribution in [0, 0.1) is 0 Å². The van der Waals surface area contributed by atoms with Crippen LogP contribution in [0.25, 0.3) is 0 Å². The molecule has 0 bridgehead atoms. The maximum absolute atomic E-state index is 9.12. The third-order valence-corrected chi connectivity index (χ3v) is 3.01. The normalized spacial score (nSPS) is 23.3. The van der Waals surface area contributed by atoms with Gasteiger partial charge in [0.1, 0.15) is 5.71 Å². The van der Waals surface area contributed by atoms with Gasteiger partial charge in [-0.2, -0.15) is 0 Å². The highest BCUT2D eigenvalue weighted by molar-refractivity contribution is 6.04. The van der Waals surface area contributed by atoms with Crippen molar-refractivity contribution in [3.05, 3.63) is 35.9 Å². The van der Waals surface area contributed by atoms with Crippen LogP contribution in [-0.2, 0) is 0 Å². The van der Waals surface area contributed by atoms with Gasteiger partial charge < -0.3 is 5.21 Å². The third-order valence-electron chi connectivity index (χ3n) is 3.01. The average molecular weight is 204 g/mol. The fourth-order valence-electron chi connectivity index (χ4n) is 2.18. The number of benzene rings is 1. The molecule has 3 nitrogen and oxygen atoms in total. The van der Waals surface area contributed by atoms with E-state index in [1.165, 1.54) is 6.42 Å². The van der Waals surface area contributed by atoms with Gasteiger partial charge in [0, 0.05) is 5.56 Å². The van der Waals surface area contributed by atoms with Gasteiger partial charge in [-0.1, -0.05) is 35.5 Å². The van der Waals surface area contributed by atoms with Crippen molar-refractivity contribution in [2.24, 2.45) is 5.16 Å². The molecule has 0 amide bonds. The Bertz CT molecular complexity index is 348. The number of rotatable bonds is 2. The zero-order valence-corrected chi connectivity index (χ0v) is 8.93. The molecule has 1 saturated heterocycles. The minimum atomic E-state index is 0.261. The first kappa shape index (κ1) is 10.2. The van der Waals surface area contributed by atoms with Crippen molar-refractivity contribution >= 4 is 5.71 Å². The van der Waals surface area contributed by atoms with Gasteiger partial charge >= 0.3 is 0 Å². The lowest BCUT2D eigenvalue weighted by molar-refractivity contribution is 0.305. The summed E-state index contributed by atoms with van der Waals surface area (Å²) < 4.78 is 0. The Morgan fingerprint density at radius 3 is 2.67 bits per heavy atom. The van der Waals surface area contributed by atoms with Crippen LogP contribution >= 0.6 is 0 Å². The fourth-order valence-corrected chi connectivity index (χ4v) is 2.18.